The van der Waals surface area contributed by atoms with Crippen molar-refractivity contribution in [3.8, 4) is 0 Å². The number of ether oxygens (including phenoxy) is 1. The standard InChI is InChI=1S/C22H38O4.Na/c1-2-3-4-5-6-7-8-9-10-11-12-15-18-26-22(25)20-17-14-13-16-19(20)21(23)24;/h5-6,19-20H,2-4,7-18H2,1H3,(H,23,24);/q;+1/p-1/b6-5+;. The van der Waals surface area contributed by atoms with Gasteiger partial charge in [-0.2, -0.15) is 0 Å². The molecule has 0 bridgehead atoms. The maximum atomic E-state index is 12.1. The van der Waals surface area contributed by atoms with Crippen LogP contribution in [0.2, 0.25) is 0 Å². The average Bonchev–Trinajstić information content (AvgIpc) is 2.65. The molecule has 1 aliphatic carbocycles. The molecule has 0 aromatic rings. The van der Waals surface area contributed by atoms with Crippen LogP contribution in [0.1, 0.15) is 96.8 Å². The van der Waals surface area contributed by atoms with Crippen molar-refractivity contribution in [1.29, 1.82) is 0 Å². The van der Waals surface area contributed by atoms with Gasteiger partial charge >= 0.3 is 35.5 Å². The molecule has 150 valence electrons. The molecule has 0 aromatic carbocycles. The van der Waals surface area contributed by atoms with E-state index in [0.717, 1.165) is 25.7 Å². The van der Waals surface area contributed by atoms with E-state index >= 15 is 0 Å². The fourth-order valence-corrected chi connectivity index (χ4v) is 3.60. The number of allylic oxidation sites excluding steroid dienone is 2. The van der Waals surface area contributed by atoms with Crippen molar-refractivity contribution < 1.29 is 49.0 Å². The molecule has 27 heavy (non-hydrogen) atoms. The minimum absolute atomic E-state index is 0. The van der Waals surface area contributed by atoms with Gasteiger partial charge in [0.2, 0.25) is 0 Å². The van der Waals surface area contributed by atoms with Crippen LogP contribution in [0.5, 0.6) is 0 Å². The fourth-order valence-electron chi connectivity index (χ4n) is 3.60. The zero-order valence-corrected chi connectivity index (χ0v) is 19.5. The van der Waals surface area contributed by atoms with Crippen LogP contribution in [0.4, 0.5) is 0 Å². The van der Waals surface area contributed by atoms with Crippen LogP contribution in [0.25, 0.3) is 0 Å². The van der Waals surface area contributed by atoms with Gasteiger partial charge in [0.15, 0.2) is 0 Å². The molecule has 0 spiro atoms. The third kappa shape index (κ3) is 12.7. The summed E-state index contributed by atoms with van der Waals surface area (Å²) in [4.78, 5) is 23.2. The number of aliphatic carboxylic acids is 1. The van der Waals surface area contributed by atoms with Crippen molar-refractivity contribution in [1.82, 2.24) is 0 Å². The number of unbranched alkanes of at least 4 members (excludes halogenated alkanes) is 8. The van der Waals surface area contributed by atoms with Crippen LogP contribution in [0.3, 0.4) is 0 Å². The van der Waals surface area contributed by atoms with Crippen molar-refractivity contribution in [2.45, 2.75) is 96.8 Å². The first-order valence-corrected chi connectivity index (χ1v) is 10.7. The first-order chi connectivity index (χ1) is 12.7. The van der Waals surface area contributed by atoms with Crippen LogP contribution in [-0.4, -0.2) is 18.5 Å². The van der Waals surface area contributed by atoms with E-state index in [4.69, 9.17) is 4.74 Å². The van der Waals surface area contributed by atoms with Gasteiger partial charge in [-0.3, -0.25) is 4.79 Å². The van der Waals surface area contributed by atoms with E-state index in [9.17, 15) is 14.7 Å². The second kappa shape index (κ2) is 17.8. The zero-order chi connectivity index (χ0) is 19.0. The topological polar surface area (TPSA) is 66.4 Å². The molecule has 2 atom stereocenters. The minimum atomic E-state index is -1.10. The largest absolute Gasteiger partial charge is 1.00 e. The van der Waals surface area contributed by atoms with Gasteiger partial charge < -0.3 is 14.6 Å². The summed E-state index contributed by atoms with van der Waals surface area (Å²) in [6, 6.07) is 0. The molecule has 5 heteroatoms. The summed E-state index contributed by atoms with van der Waals surface area (Å²) in [5.41, 5.74) is 0. The third-order valence-corrected chi connectivity index (χ3v) is 5.27. The van der Waals surface area contributed by atoms with E-state index < -0.39 is 17.8 Å². The molecule has 0 aliphatic heterocycles. The summed E-state index contributed by atoms with van der Waals surface area (Å²) in [5, 5.41) is 11.1. The second-order valence-electron chi connectivity index (χ2n) is 7.51. The van der Waals surface area contributed by atoms with Gasteiger partial charge in [0.1, 0.15) is 0 Å². The van der Waals surface area contributed by atoms with Crippen LogP contribution in [-0.2, 0) is 14.3 Å². The Morgan fingerprint density at radius 2 is 1.44 bits per heavy atom. The van der Waals surface area contributed by atoms with Crippen molar-refractivity contribution in [3.05, 3.63) is 12.2 Å². The fraction of sp³-hybridized carbons (Fsp3) is 0.818. The Balaban J connectivity index is 0.00000676. The normalized spacial score (nSPS) is 19.6. The molecule has 1 saturated carbocycles. The number of rotatable bonds is 14. The van der Waals surface area contributed by atoms with Crippen molar-refractivity contribution in [2.75, 3.05) is 6.61 Å². The molecule has 1 rings (SSSR count). The summed E-state index contributed by atoms with van der Waals surface area (Å²) in [6.45, 7) is 2.63. The van der Waals surface area contributed by atoms with Gasteiger partial charge in [0.25, 0.3) is 0 Å². The van der Waals surface area contributed by atoms with Gasteiger partial charge in [-0.15, -0.1) is 0 Å². The van der Waals surface area contributed by atoms with Crippen LogP contribution >= 0.6 is 0 Å². The summed E-state index contributed by atoms with van der Waals surface area (Å²) >= 11 is 0. The van der Waals surface area contributed by atoms with E-state index in [2.05, 4.69) is 19.1 Å². The number of carbonyl (C=O) groups is 2. The van der Waals surface area contributed by atoms with Gasteiger partial charge in [0.05, 0.1) is 12.5 Å². The Bertz CT molecular complexity index is 423. The van der Waals surface area contributed by atoms with E-state index in [0.29, 0.717) is 19.4 Å². The van der Waals surface area contributed by atoms with Gasteiger partial charge in [-0.05, 0) is 38.5 Å². The Morgan fingerprint density at radius 3 is 2.07 bits per heavy atom. The zero-order valence-electron chi connectivity index (χ0n) is 17.5. The second-order valence-corrected chi connectivity index (χ2v) is 7.51. The molecular formula is C22H37NaO4. The Labute approximate surface area is 187 Å². The number of carboxylic acids is 1. The molecule has 0 amide bonds. The van der Waals surface area contributed by atoms with Crippen molar-refractivity contribution in [3.63, 3.8) is 0 Å². The summed E-state index contributed by atoms with van der Waals surface area (Å²) in [6.07, 6.45) is 19.3. The van der Waals surface area contributed by atoms with Crippen LogP contribution in [0.15, 0.2) is 12.2 Å². The van der Waals surface area contributed by atoms with E-state index in [1.807, 2.05) is 0 Å². The van der Waals surface area contributed by atoms with Crippen molar-refractivity contribution in [2.24, 2.45) is 11.8 Å². The number of esters is 1. The quantitative estimate of drug-likeness (QED) is 0.196. The Morgan fingerprint density at radius 1 is 0.889 bits per heavy atom. The SMILES string of the molecule is CCCC/C=C/CCCCCCCCOC(=O)C1CCCCC1C(=O)[O-].[Na+]. The first-order valence-electron chi connectivity index (χ1n) is 10.7. The van der Waals surface area contributed by atoms with Gasteiger partial charge in [-0.1, -0.05) is 70.4 Å². The van der Waals surface area contributed by atoms with Crippen LogP contribution < -0.4 is 34.7 Å². The summed E-state index contributed by atoms with van der Waals surface area (Å²) < 4.78 is 5.31. The smallest absolute Gasteiger partial charge is 0.550 e. The molecule has 0 radical (unpaired) electrons. The van der Waals surface area contributed by atoms with Crippen molar-refractivity contribution >= 4 is 11.9 Å². The first kappa shape index (κ1) is 26.7. The Hall–Kier alpha value is -0.320. The molecule has 1 aliphatic rings. The third-order valence-electron chi connectivity index (χ3n) is 5.27. The molecule has 0 heterocycles. The molecule has 2 unspecified atom stereocenters. The van der Waals surface area contributed by atoms with Gasteiger partial charge in [0, 0.05) is 11.9 Å². The van der Waals surface area contributed by atoms with E-state index in [-0.39, 0.29) is 35.5 Å². The predicted octanol–water partition coefficient (Wildman–Crippen LogP) is 1.57. The molecule has 1 fully saturated rings. The minimum Gasteiger partial charge on any atom is -0.550 e. The molecular weight excluding hydrogens is 351 g/mol. The van der Waals surface area contributed by atoms with Gasteiger partial charge in [-0.25, -0.2) is 0 Å². The van der Waals surface area contributed by atoms with E-state index in [1.165, 1.54) is 51.4 Å². The monoisotopic (exact) mass is 388 g/mol. The number of carboxylic acid groups (broad SMARTS) is 1. The van der Waals surface area contributed by atoms with E-state index in [1.54, 1.807) is 0 Å². The predicted molar refractivity (Wildman–Crippen MR) is 102 cm³/mol. The number of carbonyl (C=O) groups excluding carboxylic acids is 2. The number of hydrogen-bond acceptors (Lipinski definition) is 4. The molecule has 0 saturated heterocycles. The average molecular weight is 389 g/mol. The molecule has 0 N–H and O–H groups in total. The molecule has 4 nitrogen and oxygen atoms in total. The number of hydrogen-bond donors (Lipinski definition) is 0. The molecule has 0 aromatic heterocycles. The maximum Gasteiger partial charge on any atom is 1.00 e. The maximum absolute atomic E-state index is 12.1. The summed E-state index contributed by atoms with van der Waals surface area (Å²) in [7, 11) is 0. The Kier molecular flexibility index (Phi) is 17.5. The van der Waals surface area contributed by atoms with Crippen LogP contribution in [0, 0.1) is 11.8 Å². The summed E-state index contributed by atoms with van der Waals surface area (Å²) in [5.74, 6) is -2.60.